The number of aliphatic imine (C=N–C) groups is 1. The Morgan fingerprint density at radius 3 is 2.83 bits per heavy atom. The highest BCUT2D eigenvalue weighted by molar-refractivity contribution is 6.39. The molecule has 0 saturated carbocycles. The molecular formula is C20H19FN6O2. The van der Waals surface area contributed by atoms with Gasteiger partial charge in [0.2, 0.25) is 5.84 Å². The average molecular weight is 394 g/mol. The van der Waals surface area contributed by atoms with E-state index in [2.05, 4.69) is 25.7 Å². The van der Waals surface area contributed by atoms with Crippen molar-refractivity contribution < 1.29 is 14.0 Å². The number of amides is 2. The molecule has 0 bridgehead atoms. The molecule has 0 unspecified atom stereocenters. The minimum atomic E-state index is -0.678. The number of hydrogen-bond donors (Lipinski definition) is 3. The van der Waals surface area contributed by atoms with E-state index in [1.54, 1.807) is 37.3 Å². The summed E-state index contributed by atoms with van der Waals surface area (Å²) in [6.45, 7) is 1.94. The van der Waals surface area contributed by atoms with Gasteiger partial charge in [0.15, 0.2) is 0 Å². The molecule has 0 saturated heterocycles. The second-order valence-electron chi connectivity index (χ2n) is 6.63. The Labute approximate surface area is 165 Å². The molecule has 148 valence electrons. The quantitative estimate of drug-likeness (QED) is 0.613. The Kier molecular flexibility index (Phi) is 4.94. The lowest BCUT2D eigenvalue weighted by atomic mass is 10.2. The maximum atomic E-state index is 13.3. The van der Waals surface area contributed by atoms with Crippen molar-refractivity contribution >= 4 is 34.4 Å². The molecule has 0 fully saturated rings. The number of H-pyrrole nitrogens is 1. The number of nitrogens with zero attached hydrogens (tertiary/aromatic N) is 3. The van der Waals surface area contributed by atoms with Crippen LogP contribution in [0.4, 0.5) is 10.1 Å². The molecule has 1 aliphatic rings. The summed E-state index contributed by atoms with van der Waals surface area (Å²) in [6, 6.07) is 12.6. The second kappa shape index (κ2) is 7.70. The SMILES string of the molecule is C[C@H]1N=C(C(=O)NCCc2nc3ccc(F)cc3[nH]2)NN(c2ccccc2)C1=O. The molecule has 9 heteroatoms. The number of carbonyl (C=O) groups excluding carboxylic acids is 2. The summed E-state index contributed by atoms with van der Waals surface area (Å²) in [5.41, 5.74) is 4.68. The van der Waals surface area contributed by atoms with Crippen LogP contribution >= 0.6 is 0 Å². The van der Waals surface area contributed by atoms with Gasteiger partial charge >= 0.3 is 0 Å². The van der Waals surface area contributed by atoms with Crippen LogP contribution in [0, 0.1) is 5.82 Å². The number of rotatable bonds is 5. The van der Waals surface area contributed by atoms with Gasteiger partial charge in [-0.3, -0.25) is 15.0 Å². The Morgan fingerprint density at radius 2 is 2.03 bits per heavy atom. The maximum absolute atomic E-state index is 13.3. The van der Waals surface area contributed by atoms with Gasteiger partial charge in [0.05, 0.1) is 16.7 Å². The van der Waals surface area contributed by atoms with Gasteiger partial charge in [-0.05, 0) is 37.3 Å². The Bertz CT molecular complexity index is 1090. The predicted molar refractivity (Wildman–Crippen MR) is 107 cm³/mol. The summed E-state index contributed by atoms with van der Waals surface area (Å²) in [5, 5.41) is 4.08. The topological polar surface area (TPSA) is 102 Å². The minimum Gasteiger partial charge on any atom is -0.349 e. The number of para-hydroxylation sites is 1. The third kappa shape index (κ3) is 3.93. The minimum absolute atomic E-state index is 0.0626. The smallest absolute Gasteiger partial charge is 0.288 e. The number of hydrogen-bond acceptors (Lipinski definition) is 5. The Morgan fingerprint density at radius 1 is 1.24 bits per heavy atom. The zero-order valence-electron chi connectivity index (χ0n) is 15.6. The number of aromatic nitrogens is 2. The van der Waals surface area contributed by atoms with E-state index in [4.69, 9.17) is 0 Å². The summed E-state index contributed by atoms with van der Waals surface area (Å²) in [5.74, 6) is -0.310. The fraction of sp³-hybridized carbons (Fsp3) is 0.200. The van der Waals surface area contributed by atoms with Gasteiger partial charge in [0, 0.05) is 13.0 Å². The van der Waals surface area contributed by atoms with Gasteiger partial charge in [0.25, 0.3) is 11.8 Å². The molecule has 2 aromatic carbocycles. The van der Waals surface area contributed by atoms with Crippen molar-refractivity contribution in [1.29, 1.82) is 0 Å². The van der Waals surface area contributed by atoms with E-state index in [0.717, 1.165) is 0 Å². The molecule has 1 aromatic heterocycles. The molecule has 3 aromatic rings. The Hall–Kier alpha value is -3.75. The zero-order chi connectivity index (χ0) is 20.4. The van der Waals surface area contributed by atoms with Crippen LogP contribution in [0.2, 0.25) is 0 Å². The van der Waals surface area contributed by atoms with Crippen molar-refractivity contribution in [2.45, 2.75) is 19.4 Å². The number of anilines is 1. The average Bonchev–Trinajstić information content (AvgIpc) is 3.12. The third-order valence-electron chi connectivity index (χ3n) is 4.49. The number of imidazole rings is 1. The highest BCUT2D eigenvalue weighted by Gasteiger charge is 2.30. The lowest BCUT2D eigenvalue weighted by Crippen LogP contribution is -2.58. The highest BCUT2D eigenvalue weighted by atomic mass is 19.1. The summed E-state index contributed by atoms with van der Waals surface area (Å²) in [6.07, 6.45) is 0.437. The van der Waals surface area contributed by atoms with E-state index < -0.39 is 11.9 Å². The van der Waals surface area contributed by atoms with Gasteiger partial charge < -0.3 is 10.3 Å². The van der Waals surface area contributed by atoms with E-state index in [1.807, 2.05) is 6.07 Å². The maximum Gasteiger partial charge on any atom is 0.288 e. The number of carbonyl (C=O) groups is 2. The first kappa shape index (κ1) is 18.6. The van der Waals surface area contributed by atoms with Crippen molar-refractivity contribution in [1.82, 2.24) is 20.7 Å². The number of nitrogens with one attached hydrogen (secondary N) is 3. The van der Waals surface area contributed by atoms with Crippen molar-refractivity contribution in [3.05, 3.63) is 60.2 Å². The lowest BCUT2D eigenvalue weighted by Gasteiger charge is -2.30. The molecule has 3 N–H and O–H groups in total. The lowest BCUT2D eigenvalue weighted by molar-refractivity contribution is -0.120. The number of halogens is 1. The molecule has 0 radical (unpaired) electrons. The van der Waals surface area contributed by atoms with Gasteiger partial charge in [-0.1, -0.05) is 18.2 Å². The summed E-state index contributed by atoms with van der Waals surface area (Å²) in [7, 11) is 0. The number of amidine groups is 1. The molecule has 0 spiro atoms. The van der Waals surface area contributed by atoms with Crippen LogP contribution in [0.3, 0.4) is 0 Å². The Balaban J connectivity index is 1.39. The van der Waals surface area contributed by atoms with Crippen molar-refractivity contribution in [2.75, 3.05) is 11.6 Å². The number of fused-ring (bicyclic) bond motifs is 1. The van der Waals surface area contributed by atoms with E-state index in [-0.39, 0.29) is 17.6 Å². The molecule has 8 nitrogen and oxygen atoms in total. The van der Waals surface area contributed by atoms with E-state index >= 15 is 0 Å². The second-order valence-corrected chi connectivity index (χ2v) is 6.63. The first-order valence-electron chi connectivity index (χ1n) is 9.17. The van der Waals surface area contributed by atoms with E-state index in [9.17, 15) is 14.0 Å². The van der Waals surface area contributed by atoms with E-state index in [1.165, 1.54) is 17.1 Å². The molecule has 1 aliphatic heterocycles. The van der Waals surface area contributed by atoms with E-state index in [0.29, 0.717) is 35.5 Å². The zero-order valence-corrected chi connectivity index (χ0v) is 15.6. The van der Waals surface area contributed by atoms with Crippen LogP contribution in [-0.2, 0) is 16.0 Å². The standard InChI is InChI=1S/C20H19FN6O2/c1-12-20(29)27(14-5-3-2-4-6-14)26-18(23-12)19(28)22-10-9-17-24-15-8-7-13(21)11-16(15)25-17/h2-8,11-12H,9-10H2,1H3,(H,22,28)(H,23,26)(H,24,25)/t12-/m1/s1. The monoisotopic (exact) mass is 394 g/mol. The highest BCUT2D eigenvalue weighted by Crippen LogP contribution is 2.16. The summed E-state index contributed by atoms with van der Waals surface area (Å²) >= 11 is 0. The van der Waals surface area contributed by atoms with Crippen molar-refractivity contribution in [3.63, 3.8) is 0 Å². The fourth-order valence-electron chi connectivity index (χ4n) is 3.04. The molecular weight excluding hydrogens is 375 g/mol. The largest absolute Gasteiger partial charge is 0.349 e. The summed E-state index contributed by atoms with van der Waals surface area (Å²) < 4.78 is 13.3. The van der Waals surface area contributed by atoms with Crippen LogP contribution < -0.4 is 15.8 Å². The third-order valence-corrected chi connectivity index (χ3v) is 4.49. The number of aromatic amines is 1. The molecule has 1 atom stereocenters. The van der Waals surface area contributed by atoms with Crippen LogP contribution in [-0.4, -0.2) is 40.2 Å². The molecule has 2 heterocycles. The van der Waals surface area contributed by atoms with Crippen LogP contribution in [0.5, 0.6) is 0 Å². The fourth-order valence-corrected chi connectivity index (χ4v) is 3.04. The van der Waals surface area contributed by atoms with Gasteiger partial charge in [-0.25, -0.2) is 19.4 Å². The van der Waals surface area contributed by atoms with Gasteiger partial charge in [-0.15, -0.1) is 0 Å². The molecule has 2 amide bonds. The molecule has 4 rings (SSSR count). The van der Waals surface area contributed by atoms with Crippen LogP contribution in [0.25, 0.3) is 11.0 Å². The summed E-state index contributed by atoms with van der Waals surface area (Å²) in [4.78, 5) is 36.4. The predicted octanol–water partition coefficient (Wildman–Crippen LogP) is 1.70. The van der Waals surface area contributed by atoms with Crippen LogP contribution in [0.1, 0.15) is 12.7 Å². The normalized spacial score (nSPS) is 16.5. The first-order valence-corrected chi connectivity index (χ1v) is 9.17. The number of benzene rings is 2. The van der Waals surface area contributed by atoms with Gasteiger partial charge in [-0.2, -0.15) is 0 Å². The number of hydrazine groups is 1. The first-order chi connectivity index (χ1) is 14.0. The molecule has 29 heavy (non-hydrogen) atoms. The van der Waals surface area contributed by atoms with Crippen LogP contribution in [0.15, 0.2) is 53.5 Å². The van der Waals surface area contributed by atoms with Crippen molar-refractivity contribution in [2.24, 2.45) is 4.99 Å². The van der Waals surface area contributed by atoms with Gasteiger partial charge in [0.1, 0.15) is 17.7 Å². The van der Waals surface area contributed by atoms with Crippen molar-refractivity contribution in [3.8, 4) is 0 Å². The molecule has 0 aliphatic carbocycles.